The number of aryl methyl sites for hydroxylation is 4. The molecule has 0 spiro atoms. The molecule has 0 saturated carbocycles. The van der Waals surface area contributed by atoms with Crippen molar-refractivity contribution < 1.29 is 4.74 Å². The van der Waals surface area contributed by atoms with Crippen molar-refractivity contribution in [3.8, 4) is 5.75 Å². The van der Waals surface area contributed by atoms with Crippen molar-refractivity contribution >= 4 is 0 Å². The number of ether oxygens (including phenoxy) is 1. The molecule has 1 heteroatoms. The van der Waals surface area contributed by atoms with Crippen molar-refractivity contribution in [3.63, 3.8) is 0 Å². The molecule has 0 heterocycles. The van der Waals surface area contributed by atoms with Crippen LogP contribution in [-0.2, 0) is 12.8 Å². The molecular formula is C17H20O. The molecule has 0 bridgehead atoms. The second-order valence-corrected chi connectivity index (χ2v) is 4.85. The standard InChI is InChI=1S/C17H20O/c1-13-5-4-6-15(9-13)7-8-16-10-14(2)11-17(12-16)18-3/h4-6,9-12H,7-8H2,1-3H3. The highest BCUT2D eigenvalue weighted by molar-refractivity contribution is 5.34. The monoisotopic (exact) mass is 240 g/mol. The molecule has 2 aromatic rings. The van der Waals surface area contributed by atoms with Crippen LogP contribution in [0.4, 0.5) is 0 Å². The maximum absolute atomic E-state index is 5.31. The summed E-state index contributed by atoms with van der Waals surface area (Å²) in [6, 6.07) is 15.1. The number of hydrogen-bond acceptors (Lipinski definition) is 1. The van der Waals surface area contributed by atoms with Crippen LogP contribution in [0.3, 0.4) is 0 Å². The average molecular weight is 240 g/mol. The van der Waals surface area contributed by atoms with Gasteiger partial charge in [0.15, 0.2) is 0 Å². The van der Waals surface area contributed by atoms with Crippen molar-refractivity contribution in [2.45, 2.75) is 26.7 Å². The molecule has 0 saturated heterocycles. The highest BCUT2D eigenvalue weighted by Gasteiger charge is 2.00. The summed E-state index contributed by atoms with van der Waals surface area (Å²) in [6.45, 7) is 4.25. The zero-order valence-corrected chi connectivity index (χ0v) is 11.4. The summed E-state index contributed by atoms with van der Waals surface area (Å²) in [7, 11) is 1.72. The molecule has 0 N–H and O–H groups in total. The quantitative estimate of drug-likeness (QED) is 0.782. The van der Waals surface area contributed by atoms with Gasteiger partial charge in [-0.05, 0) is 55.5 Å². The van der Waals surface area contributed by atoms with Crippen LogP contribution in [0, 0.1) is 13.8 Å². The molecule has 0 aliphatic heterocycles. The molecular weight excluding hydrogens is 220 g/mol. The Morgan fingerprint density at radius 3 is 2.28 bits per heavy atom. The van der Waals surface area contributed by atoms with Gasteiger partial charge in [-0.2, -0.15) is 0 Å². The first-order valence-electron chi connectivity index (χ1n) is 6.37. The van der Waals surface area contributed by atoms with E-state index in [0.717, 1.165) is 18.6 Å². The van der Waals surface area contributed by atoms with Gasteiger partial charge in [0.25, 0.3) is 0 Å². The fourth-order valence-electron chi connectivity index (χ4n) is 2.24. The minimum atomic E-state index is 0.953. The molecule has 0 aromatic heterocycles. The molecule has 18 heavy (non-hydrogen) atoms. The van der Waals surface area contributed by atoms with Crippen molar-refractivity contribution in [2.24, 2.45) is 0 Å². The Hall–Kier alpha value is -1.76. The van der Waals surface area contributed by atoms with Crippen molar-refractivity contribution in [2.75, 3.05) is 7.11 Å². The Balaban J connectivity index is 2.08. The fourth-order valence-corrected chi connectivity index (χ4v) is 2.24. The van der Waals surface area contributed by atoms with E-state index in [9.17, 15) is 0 Å². The normalized spacial score (nSPS) is 10.4. The summed E-state index contributed by atoms with van der Waals surface area (Å²) in [6.07, 6.45) is 2.13. The summed E-state index contributed by atoms with van der Waals surface area (Å²) in [5, 5.41) is 0. The smallest absolute Gasteiger partial charge is 0.119 e. The van der Waals surface area contributed by atoms with Crippen LogP contribution >= 0.6 is 0 Å². The first-order valence-corrected chi connectivity index (χ1v) is 6.37. The van der Waals surface area contributed by atoms with Gasteiger partial charge in [-0.1, -0.05) is 35.9 Å². The molecule has 0 fully saturated rings. The summed E-state index contributed by atoms with van der Waals surface area (Å²) < 4.78 is 5.31. The van der Waals surface area contributed by atoms with Gasteiger partial charge >= 0.3 is 0 Å². The Kier molecular flexibility index (Phi) is 4.03. The summed E-state index contributed by atoms with van der Waals surface area (Å²) >= 11 is 0. The topological polar surface area (TPSA) is 9.23 Å². The molecule has 0 aliphatic rings. The van der Waals surface area contributed by atoms with Crippen LogP contribution in [0.5, 0.6) is 5.75 Å². The van der Waals surface area contributed by atoms with Gasteiger partial charge in [0.1, 0.15) is 5.75 Å². The molecule has 2 aromatic carbocycles. The van der Waals surface area contributed by atoms with Gasteiger partial charge in [-0.25, -0.2) is 0 Å². The van der Waals surface area contributed by atoms with Gasteiger partial charge in [0, 0.05) is 0 Å². The second kappa shape index (κ2) is 5.72. The van der Waals surface area contributed by atoms with Crippen LogP contribution in [-0.4, -0.2) is 7.11 Å². The van der Waals surface area contributed by atoms with E-state index in [2.05, 4.69) is 56.3 Å². The minimum absolute atomic E-state index is 0.953. The largest absolute Gasteiger partial charge is 0.497 e. The molecule has 1 nitrogen and oxygen atoms in total. The molecule has 0 radical (unpaired) electrons. The Morgan fingerprint density at radius 2 is 1.56 bits per heavy atom. The Labute approximate surface area is 109 Å². The van der Waals surface area contributed by atoms with Crippen LogP contribution in [0.15, 0.2) is 42.5 Å². The highest BCUT2D eigenvalue weighted by Crippen LogP contribution is 2.18. The predicted octanol–water partition coefficient (Wildman–Crippen LogP) is 4.10. The molecule has 0 aliphatic carbocycles. The lowest BCUT2D eigenvalue weighted by Crippen LogP contribution is -1.94. The molecule has 0 unspecified atom stereocenters. The number of methoxy groups -OCH3 is 1. The third-order valence-corrected chi connectivity index (χ3v) is 3.13. The molecule has 94 valence electrons. The van der Waals surface area contributed by atoms with Crippen LogP contribution in [0.2, 0.25) is 0 Å². The third kappa shape index (κ3) is 3.36. The summed E-state index contributed by atoms with van der Waals surface area (Å²) in [5.41, 5.74) is 5.33. The van der Waals surface area contributed by atoms with Crippen LogP contribution < -0.4 is 4.74 Å². The van der Waals surface area contributed by atoms with Crippen LogP contribution in [0.25, 0.3) is 0 Å². The van der Waals surface area contributed by atoms with Gasteiger partial charge < -0.3 is 4.74 Å². The number of benzene rings is 2. The van der Waals surface area contributed by atoms with E-state index in [1.54, 1.807) is 7.11 Å². The third-order valence-electron chi connectivity index (χ3n) is 3.13. The average Bonchev–Trinajstić information content (AvgIpc) is 2.36. The lowest BCUT2D eigenvalue weighted by atomic mass is 10.0. The number of hydrogen-bond donors (Lipinski definition) is 0. The Bertz CT molecular complexity index is 529. The zero-order chi connectivity index (χ0) is 13.0. The minimum Gasteiger partial charge on any atom is -0.497 e. The highest BCUT2D eigenvalue weighted by atomic mass is 16.5. The van der Waals surface area contributed by atoms with E-state index < -0.39 is 0 Å². The van der Waals surface area contributed by atoms with E-state index >= 15 is 0 Å². The molecule has 0 atom stereocenters. The fraction of sp³-hybridized carbons (Fsp3) is 0.294. The van der Waals surface area contributed by atoms with Crippen molar-refractivity contribution in [1.29, 1.82) is 0 Å². The summed E-state index contributed by atoms with van der Waals surface area (Å²) in [5.74, 6) is 0.953. The van der Waals surface area contributed by atoms with E-state index in [1.807, 2.05) is 0 Å². The second-order valence-electron chi connectivity index (χ2n) is 4.85. The van der Waals surface area contributed by atoms with Gasteiger partial charge in [0.05, 0.1) is 7.11 Å². The van der Waals surface area contributed by atoms with E-state index in [0.29, 0.717) is 0 Å². The Morgan fingerprint density at radius 1 is 0.833 bits per heavy atom. The van der Waals surface area contributed by atoms with E-state index in [-0.39, 0.29) is 0 Å². The van der Waals surface area contributed by atoms with Gasteiger partial charge in [-0.15, -0.1) is 0 Å². The maximum Gasteiger partial charge on any atom is 0.119 e. The van der Waals surface area contributed by atoms with Crippen LogP contribution in [0.1, 0.15) is 22.3 Å². The van der Waals surface area contributed by atoms with Gasteiger partial charge in [-0.3, -0.25) is 0 Å². The zero-order valence-electron chi connectivity index (χ0n) is 11.4. The maximum atomic E-state index is 5.31. The molecule has 0 amide bonds. The number of rotatable bonds is 4. The van der Waals surface area contributed by atoms with E-state index in [4.69, 9.17) is 4.74 Å². The van der Waals surface area contributed by atoms with Gasteiger partial charge in [0.2, 0.25) is 0 Å². The lowest BCUT2D eigenvalue weighted by Gasteiger charge is -2.07. The molecule has 2 rings (SSSR count). The first kappa shape index (κ1) is 12.7. The van der Waals surface area contributed by atoms with Crippen molar-refractivity contribution in [1.82, 2.24) is 0 Å². The first-order chi connectivity index (χ1) is 8.67. The lowest BCUT2D eigenvalue weighted by molar-refractivity contribution is 0.414. The van der Waals surface area contributed by atoms with Crippen molar-refractivity contribution in [3.05, 3.63) is 64.7 Å². The summed E-state index contributed by atoms with van der Waals surface area (Å²) in [4.78, 5) is 0. The van der Waals surface area contributed by atoms with E-state index in [1.165, 1.54) is 22.3 Å². The SMILES string of the molecule is COc1cc(C)cc(CCc2cccc(C)c2)c1. The predicted molar refractivity (Wildman–Crippen MR) is 76.3 cm³/mol.